The maximum Gasteiger partial charge on any atom is 0.429 e. The number of halogens is 3. The number of ether oxygens (including phenoxy) is 1. The van der Waals surface area contributed by atoms with Gasteiger partial charge in [0.2, 0.25) is 28.0 Å². The lowest BCUT2D eigenvalue weighted by Gasteiger charge is -2.43. The number of hydrogen-bond donors (Lipinski definition) is 4. The summed E-state index contributed by atoms with van der Waals surface area (Å²) in [7, 11) is -3.94. The molecule has 2 fully saturated rings. The smallest absolute Gasteiger partial charge is 0.429 e. The molecular weight excluding hydrogens is 677 g/mol. The molecular formula is C33H37F3N8O5S. The quantitative estimate of drug-likeness (QED) is 0.193. The Morgan fingerprint density at radius 2 is 1.78 bits per heavy atom. The molecule has 50 heavy (non-hydrogen) atoms. The van der Waals surface area contributed by atoms with E-state index in [-0.39, 0.29) is 39.4 Å². The number of nitrogen functional groups attached to an aromatic ring is 1. The van der Waals surface area contributed by atoms with E-state index in [1.54, 1.807) is 13.0 Å². The topological polar surface area (TPSA) is 192 Å². The summed E-state index contributed by atoms with van der Waals surface area (Å²) < 4.78 is 75.1. The Bertz CT molecular complexity index is 2000. The number of hydrogen-bond acceptors (Lipinski definition) is 10. The first-order chi connectivity index (χ1) is 23.6. The number of nitrogens with one attached hydrogen (secondary N) is 1. The van der Waals surface area contributed by atoms with Gasteiger partial charge in [-0.05, 0) is 73.4 Å². The van der Waals surface area contributed by atoms with Crippen molar-refractivity contribution >= 4 is 27.8 Å². The third-order valence-electron chi connectivity index (χ3n) is 9.58. The number of carbonyl (C=O) groups is 1. The van der Waals surface area contributed by atoms with Crippen LogP contribution < -0.4 is 25.8 Å². The molecule has 6 N–H and O–H groups in total. The van der Waals surface area contributed by atoms with Crippen molar-refractivity contribution in [2.45, 2.75) is 68.8 Å². The molecule has 0 saturated carbocycles. The normalized spacial score (nSPS) is 19.8. The molecule has 13 nitrogen and oxygen atoms in total. The van der Waals surface area contributed by atoms with Gasteiger partial charge < -0.3 is 25.8 Å². The minimum Gasteiger partial charge on any atom is -0.480 e. The van der Waals surface area contributed by atoms with Crippen LogP contribution >= 0.6 is 0 Å². The number of rotatable bonds is 9. The Hall–Kier alpha value is -4.74. The van der Waals surface area contributed by atoms with Crippen LogP contribution in [-0.4, -0.2) is 70.6 Å². The largest absolute Gasteiger partial charge is 0.480 e. The number of carboxylic acid groups (broad SMARTS) is 1. The number of nitrogens with two attached hydrogens (primary N) is 2. The van der Waals surface area contributed by atoms with Crippen molar-refractivity contribution in [3.63, 3.8) is 0 Å². The predicted octanol–water partition coefficient (Wildman–Crippen LogP) is 4.36. The summed E-state index contributed by atoms with van der Waals surface area (Å²) in [5.41, 5.74) is 7.20. The fraction of sp³-hybridized carbons (Fsp3) is 0.394. The predicted molar refractivity (Wildman–Crippen MR) is 178 cm³/mol. The summed E-state index contributed by atoms with van der Waals surface area (Å²) in [6, 6.07) is 12.3. The van der Waals surface area contributed by atoms with E-state index in [1.807, 2.05) is 11.8 Å². The van der Waals surface area contributed by atoms with Crippen LogP contribution in [-0.2, 0) is 14.8 Å². The SMILES string of the molecule is CCC1NC(C(=O)O)CC12CCN(c1cc(O[C@H](c3ccc(-c4ccc(S(N)(=O)=O)cc4)cc3-n3ccc(C)n3)C(F)(F)F)nc(N)n1)CC2. The number of sulfonamides is 1. The second-order valence-corrected chi connectivity index (χ2v) is 14.3. The second kappa shape index (κ2) is 13.2. The molecule has 3 atom stereocenters. The van der Waals surface area contributed by atoms with Crippen molar-refractivity contribution in [3.8, 4) is 22.7 Å². The first-order valence-electron chi connectivity index (χ1n) is 16.0. The molecule has 6 rings (SSSR count). The molecule has 2 aromatic carbocycles. The van der Waals surface area contributed by atoms with Crippen molar-refractivity contribution in [2.75, 3.05) is 23.7 Å². The number of aliphatic carboxylic acids is 1. The summed E-state index contributed by atoms with van der Waals surface area (Å²) in [4.78, 5) is 21.8. The monoisotopic (exact) mass is 714 g/mol. The van der Waals surface area contributed by atoms with Crippen LogP contribution in [0.3, 0.4) is 0 Å². The van der Waals surface area contributed by atoms with Gasteiger partial charge in [0.1, 0.15) is 11.9 Å². The van der Waals surface area contributed by atoms with E-state index in [4.69, 9.17) is 15.6 Å². The Labute approximate surface area is 286 Å². The third-order valence-corrected chi connectivity index (χ3v) is 10.5. The third kappa shape index (κ3) is 7.11. The van der Waals surface area contributed by atoms with Gasteiger partial charge in [0.15, 0.2) is 0 Å². The molecule has 17 heteroatoms. The summed E-state index contributed by atoms with van der Waals surface area (Å²) in [6.07, 6.45) is -3.27. The number of carboxylic acids is 1. The Morgan fingerprint density at radius 1 is 1.10 bits per heavy atom. The summed E-state index contributed by atoms with van der Waals surface area (Å²) in [6.45, 7) is 4.70. The molecule has 0 amide bonds. The fourth-order valence-electron chi connectivity index (χ4n) is 7.08. The zero-order valence-corrected chi connectivity index (χ0v) is 28.1. The lowest BCUT2D eigenvalue weighted by molar-refractivity contribution is -0.198. The highest BCUT2D eigenvalue weighted by Gasteiger charge is 2.50. The van der Waals surface area contributed by atoms with Crippen molar-refractivity contribution in [2.24, 2.45) is 10.6 Å². The number of alkyl halides is 3. The highest BCUT2D eigenvalue weighted by atomic mass is 32.2. The van der Waals surface area contributed by atoms with Crippen molar-refractivity contribution in [3.05, 3.63) is 72.1 Å². The first kappa shape index (κ1) is 35.1. The summed E-state index contributed by atoms with van der Waals surface area (Å²) in [5, 5.41) is 22.4. The highest BCUT2D eigenvalue weighted by Crippen LogP contribution is 2.46. The first-order valence-corrected chi connectivity index (χ1v) is 17.5. The number of piperidine rings is 1. The zero-order valence-electron chi connectivity index (χ0n) is 27.3. The molecule has 4 heterocycles. The minimum absolute atomic E-state index is 0.0354. The van der Waals surface area contributed by atoms with Crippen LogP contribution in [0.15, 0.2) is 65.7 Å². The maximum atomic E-state index is 14.9. The Balaban J connectivity index is 1.31. The van der Waals surface area contributed by atoms with Gasteiger partial charge in [0.05, 0.1) is 16.3 Å². The van der Waals surface area contributed by atoms with Crippen LogP contribution in [0, 0.1) is 12.3 Å². The van der Waals surface area contributed by atoms with E-state index in [9.17, 15) is 31.5 Å². The number of aromatic nitrogens is 4. The second-order valence-electron chi connectivity index (χ2n) is 12.8. The van der Waals surface area contributed by atoms with Crippen LogP contribution in [0.5, 0.6) is 5.88 Å². The summed E-state index contributed by atoms with van der Waals surface area (Å²) in [5.74, 6) is -1.22. The van der Waals surface area contributed by atoms with Crippen LogP contribution in [0.4, 0.5) is 24.9 Å². The van der Waals surface area contributed by atoms with Gasteiger partial charge in [-0.2, -0.15) is 28.2 Å². The number of anilines is 2. The minimum atomic E-state index is -4.90. The van der Waals surface area contributed by atoms with Gasteiger partial charge in [-0.25, -0.2) is 18.2 Å². The molecule has 0 bridgehead atoms. The average Bonchev–Trinajstić information content (AvgIpc) is 3.66. The van der Waals surface area contributed by atoms with E-state index in [0.29, 0.717) is 55.0 Å². The molecule has 4 aromatic rings. The van der Waals surface area contributed by atoms with Gasteiger partial charge in [0, 0.05) is 37.0 Å². The van der Waals surface area contributed by atoms with E-state index < -0.39 is 34.3 Å². The van der Waals surface area contributed by atoms with E-state index in [1.165, 1.54) is 59.4 Å². The van der Waals surface area contributed by atoms with Gasteiger partial charge >= 0.3 is 12.1 Å². The van der Waals surface area contributed by atoms with E-state index in [0.717, 1.165) is 6.42 Å². The molecule has 0 aliphatic carbocycles. The van der Waals surface area contributed by atoms with Gasteiger partial charge in [0.25, 0.3) is 0 Å². The zero-order chi connectivity index (χ0) is 36.0. The van der Waals surface area contributed by atoms with Gasteiger partial charge in [-0.15, -0.1) is 0 Å². The average molecular weight is 715 g/mol. The van der Waals surface area contributed by atoms with Crippen molar-refractivity contribution < 1.29 is 36.2 Å². The molecule has 2 unspecified atom stereocenters. The number of primary sulfonamides is 1. The van der Waals surface area contributed by atoms with Crippen LogP contribution in [0.25, 0.3) is 16.8 Å². The fourth-order valence-corrected chi connectivity index (χ4v) is 7.60. The molecule has 1 spiro atoms. The number of nitrogens with zero attached hydrogens (tertiary/aromatic N) is 5. The number of aryl methyl sites for hydroxylation is 1. The van der Waals surface area contributed by atoms with Gasteiger partial charge in [-0.3, -0.25) is 4.79 Å². The molecule has 0 radical (unpaired) electrons. The van der Waals surface area contributed by atoms with Crippen LogP contribution in [0.2, 0.25) is 0 Å². The summed E-state index contributed by atoms with van der Waals surface area (Å²) >= 11 is 0. The molecule has 2 aliphatic heterocycles. The molecule has 2 aliphatic rings. The van der Waals surface area contributed by atoms with E-state index in [2.05, 4.69) is 20.4 Å². The van der Waals surface area contributed by atoms with E-state index >= 15 is 0 Å². The standard InChI is InChI=1S/C33H37F3N8O5S/c1-3-26-32(18-24(39-26)30(45)46)11-14-43(15-12-32)27-17-28(41-31(37)40-27)49-29(33(34,35)36)23-9-6-21(16-25(23)44-13-10-19(2)42-44)20-4-7-22(8-5-20)50(38,47)48/h4-10,13,16-17,24,26,29,39H,3,11-12,14-15,18H2,1-2H3,(H,45,46)(H2,37,40,41)(H2,38,47,48)/t24?,26?,29-/m1/s1. The van der Waals surface area contributed by atoms with Crippen molar-refractivity contribution in [1.82, 2.24) is 25.1 Å². The molecule has 2 saturated heterocycles. The molecule has 266 valence electrons. The highest BCUT2D eigenvalue weighted by molar-refractivity contribution is 7.89. The van der Waals surface area contributed by atoms with Crippen molar-refractivity contribution in [1.29, 1.82) is 0 Å². The lowest BCUT2D eigenvalue weighted by atomic mass is 9.71. The Kier molecular flexibility index (Phi) is 9.26. The van der Waals surface area contributed by atoms with Gasteiger partial charge in [-0.1, -0.05) is 31.2 Å². The molecule has 2 aromatic heterocycles. The van der Waals surface area contributed by atoms with Crippen LogP contribution in [0.1, 0.15) is 50.0 Å². The lowest BCUT2D eigenvalue weighted by Crippen LogP contribution is -2.46. The Morgan fingerprint density at radius 3 is 2.36 bits per heavy atom. The maximum absolute atomic E-state index is 14.9. The number of benzene rings is 2.